The highest BCUT2D eigenvalue weighted by atomic mass is 19.4. The maximum atomic E-state index is 12.9. The van der Waals surface area contributed by atoms with Gasteiger partial charge in [-0.3, -0.25) is 9.78 Å². The number of imidazole rings is 1. The van der Waals surface area contributed by atoms with Crippen LogP contribution in [-0.2, 0) is 9.53 Å². The van der Waals surface area contributed by atoms with Crippen LogP contribution in [-0.4, -0.2) is 71.7 Å². The monoisotopic (exact) mass is 605 g/mol. The molecule has 0 aromatic carbocycles. The number of aromatic amines is 1. The number of aromatic nitrogens is 3. The van der Waals surface area contributed by atoms with E-state index in [2.05, 4.69) is 35.2 Å². The summed E-state index contributed by atoms with van der Waals surface area (Å²) in [6, 6.07) is 5.70. The van der Waals surface area contributed by atoms with Gasteiger partial charge in [0.25, 0.3) is 5.91 Å². The van der Waals surface area contributed by atoms with Crippen molar-refractivity contribution in [3.05, 3.63) is 47.3 Å². The lowest BCUT2D eigenvalue weighted by atomic mass is 9.77. The largest absolute Gasteiger partial charge is 0.490 e. The predicted molar refractivity (Wildman–Crippen MR) is 147 cm³/mol. The van der Waals surface area contributed by atoms with Crippen molar-refractivity contribution in [3.8, 4) is 6.07 Å². The standard InChI is InChI=1S/C27H33N5O4.C2HF3O2/c1-25(2)9-7-15(8-10-25)20-19(32-24(35)23-29-14-17(13-28)30-23)6-5-18(31-20)16-11-26(3)21(33)22(34)27(4,12-16)36-26;3-2(4,5)1(6)7/h5-7,14,16,21-22,33-34H,8-12H2,1-4H3,(H,29,30)(H,32,35);(H,6,7). The van der Waals surface area contributed by atoms with E-state index in [0.717, 1.165) is 36.2 Å². The van der Waals surface area contributed by atoms with Crippen molar-refractivity contribution in [2.45, 2.75) is 95.3 Å². The van der Waals surface area contributed by atoms with Crippen LogP contribution in [0.4, 0.5) is 18.9 Å². The maximum absolute atomic E-state index is 12.9. The van der Waals surface area contributed by atoms with Gasteiger partial charge in [-0.25, -0.2) is 9.78 Å². The summed E-state index contributed by atoms with van der Waals surface area (Å²) < 4.78 is 37.9. The quantitative estimate of drug-likeness (QED) is 0.339. The van der Waals surface area contributed by atoms with Gasteiger partial charge in [0.05, 0.1) is 28.8 Å². The molecule has 1 amide bonds. The topological polar surface area (TPSA) is 181 Å². The van der Waals surface area contributed by atoms with Crippen molar-refractivity contribution in [2.75, 3.05) is 5.32 Å². The third kappa shape index (κ3) is 6.74. The first-order chi connectivity index (χ1) is 19.9. The summed E-state index contributed by atoms with van der Waals surface area (Å²) in [5, 5.41) is 40.4. The number of carbonyl (C=O) groups is 2. The lowest BCUT2D eigenvalue weighted by Gasteiger charge is -2.41. The average molecular weight is 606 g/mol. The molecule has 0 spiro atoms. The number of H-pyrrole nitrogens is 1. The fourth-order valence-electron chi connectivity index (χ4n) is 5.92. The molecule has 2 bridgehead atoms. The normalized spacial score (nSPS) is 29.5. The van der Waals surface area contributed by atoms with Crippen molar-refractivity contribution >= 4 is 23.1 Å². The Hall–Kier alpha value is -3.80. The lowest BCUT2D eigenvalue weighted by molar-refractivity contribution is -0.192. The molecule has 4 heterocycles. The van der Waals surface area contributed by atoms with Crippen molar-refractivity contribution in [3.63, 3.8) is 0 Å². The number of fused-ring (bicyclic) bond motifs is 2. The van der Waals surface area contributed by atoms with E-state index in [0.29, 0.717) is 18.5 Å². The number of carbonyl (C=O) groups excluding carboxylic acids is 1. The smallest absolute Gasteiger partial charge is 0.475 e. The van der Waals surface area contributed by atoms with Gasteiger partial charge in [0.1, 0.15) is 24.0 Å². The van der Waals surface area contributed by atoms with Crippen molar-refractivity contribution in [1.82, 2.24) is 15.0 Å². The van der Waals surface area contributed by atoms with Crippen LogP contribution in [0, 0.1) is 16.7 Å². The fraction of sp³-hybridized carbons (Fsp3) is 0.552. The zero-order valence-electron chi connectivity index (χ0n) is 24.1. The molecule has 2 aromatic rings. The molecule has 2 saturated heterocycles. The van der Waals surface area contributed by atoms with Gasteiger partial charge in [0, 0.05) is 11.6 Å². The molecule has 11 nitrogen and oxygen atoms in total. The van der Waals surface area contributed by atoms with E-state index in [4.69, 9.17) is 24.9 Å². The number of aliphatic carboxylic acids is 1. The van der Waals surface area contributed by atoms with Crippen LogP contribution in [0.15, 0.2) is 24.4 Å². The Morgan fingerprint density at radius 2 is 1.74 bits per heavy atom. The zero-order chi connectivity index (χ0) is 32.0. The molecule has 3 aliphatic rings. The second kappa shape index (κ2) is 11.4. The molecule has 0 radical (unpaired) electrons. The number of rotatable bonds is 4. The molecule has 4 atom stereocenters. The van der Waals surface area contributed by atoms with Crippen LogP contribution in [0.5, 0.6) is 0 Å². The summed E-state index contributed by atoms with van der Waals surface area (Å²) in [5.41, 5.74) is 1.95. The number of halogens is 3. The number of allylic oxidation sites excluding steroid dienone is 2. The van der Waals surface area contributed by atoms with Crippen molar-refractivity contribution in [1.29, 1.82) is 5.26 Å². The van der Waals surface area contributed by atoms with Gasteiger partial charge in [-0.2, -0.15) is 18.4 Å². The first-order valence-corrected chi connectivity index (χ1v) is 13.7. The van der Waals surface area contributed by atoms with Gasteiger partial charge in [-0.05, 0) is 69.1 Å². The molecule has 5 N–H and O–H groups in total. The number of aliphatic hydroxyl groups is 2. The number of hydrogen-bond acceptors (Lipinski definition) is 8. The molecule has 2 fully saturated rings. The predicted octanol–water partition coefficient (Wildman–Crippen LogP) is 4.30. The van der Waals surface area contributed by atoms with Gasteiger partial charge < -0.3 is 30.4 Å². The summed E-state index contributed by atoms with van der Waals surface area (Å²) in [6.07, 6.45) is 0.364. The van der Waals surface area contributed by atoms with Crippen molar-refractivity contribution < 1.29 is 42.8 Å². The number of pyridine rings is 1. The number of aliphatic hydroxyl groups excluding tert-OH is 2. The number of ether oxygens (including phenoxy) is 1. The number of amides is 1. The Balaban J connectivity index is 0.000000541. The first kappa shape index (κ1) is 32.1. The second-order valence-corrected chi connectivity index (χ2v) is 12.5. The van der Waals surface area contributed by atoms with Crippen LogP contribution >= 0.6 is 0 Å². The highest BCUT2D eigenvalue weighted by molar-refractivity contribution is 6.03. The lowest BCUT2D eigenvalue weighted by Crippen LogP contribution is -2.43. The number of anilines is 1. The zero-order valence-corrected chi connectivity index (χ0v) is 24.1. The minimum absolute atomic E-state index is 0.0204. The number of alkyl halides is 3. The van der Waals surface area contributed by atoms with Gasteiger partial charge in [0.2, 0.25) is 0 Å². The Morgan fingerprint density at radius 1 is 1.14 bits per heavy atom. The van der Waals surface area contributed by atoms with Crippen LogP contribution in [0.2, 0.25) is 0 Å². The van der Waals surface area contributed by atoms with E-state index in [1.807, 2.05) is 32.0 Å². The first-order valence-electron chi connectivity index (χ1n) is 13.7. The summed E-state index contributed by atoms with van der Waals surface area (Å²) >= 11 is 0. The van der Waals surface area contributed by atoms with Crippen molar-refractivity contribution in [2.24, 2.45) is 5.41 Å². The number of carboxylic acid groups (broad SMARTS) is 1. The number of nitrogens with zero attached hydrogens (tertiary/aromatic N) is 3. The van der Waals surface area contributed by atoms with Gasteiger partial charge in [-0.1, -0.05) is 19.9 Å². The molecule has 0 saturated carbocycles. The Bertz CT molecular complexity index is 1460. The maximum Gasteiger partial charge on any atom is 0.490 e. The number of nitrogens with one attached hydrogen (secondary N) is 2. The Labute approximate surface area is 245 Å². The summed E-state index contributed by atoms with van der Waals surface area (Å²) in [5.74, 6) is -3.16. The summed E-state index contributed by atoms with van der Waals surface area (Å²) in [6.45, 7) is 8.18. The molecule has 232 valence electrons. The molecular formula is C29H34F3N5O6. The molecular weight excluding hydrogens is 571 g/mol. The number of hydrogen-bond donors (Lipinski definition) is 5. The van der Waals surface area contributed by atoms with Crippen LogP contribution in [0.1, 0.15) is 93.4 Å². The van der Waals surface area contributed by atoms with Gasteiger partial charge >= 0.3 is 12.1 Å². The van der Waals surface area contributed by atoms with E-state index in [9.17, 15) is 28.2 Å². The molecule has 5 rings (SSSR count). The Morgan fingerprint density at radius 3 is 2.23 bits per heavy atom. The molecule has 1 aliphatic carbocycles. The minimum atomic E-state index is -5.08. The van der Waals surface area contributed by atoms with Gasteiger partial charge in [-0.15, -0.1) is 0 Å². The fourth-order valence-corrected chi connectivity index (χ4v) is 5.92. The van der Waals surface area contributed by atoms with E-state index in [1.54, 1.807) is 0 Å². The van der Waals surface area contributed by atoms with E-state index >= 15 is 0 Å². The molecule has 2 aliphatic heterocycles. The molecule has 4 unspecified atom stereocenters. The highest BCUT2D eigenvalue weighted by Gasteiger charge is 2.62. The Kier molecular flexibility index (Phi) is 8.49. The van der Waals surface area contributed by atoms with Crippen LogP contribution in [0.25, 0.3) is 5.57 Å². The average Bonchev–Trinajstić information content (AvgIpc) is 3.45. The highest BCUT2D eigenvalue weighted by Crippen LogP contribution is 2.53. The van der Waals surface area contributed by atoms with Crippen LogP contribution < -0.4 is 5.32 Å². The molecule has 2 aromatic heterocycles. The summed E-state index contributed by atoms with van der Waals surface area (Å²) in [7, 11) is 0. The molecule has 14 heteroatoms. The van der Waals surface area contributed by atoms with Gasteiger partial charge in [0.15, 0.2) is 5.82 Å². The third-order valence-electron chi connectivity index (χ3n) is 8.33. The van der Waals surface area contributed by atoms with E-state index in [1.165, 1.54) is 6.20 Å². The number of carboxylic acids is 1. The van der Waals surface area contributed by atoms with E-state index in [-0.39, 0.29) is 22.9 Å². The third-order valence-corrected chi connectivity index (χ3v) is 8.33. The van der Waals surface area contributed by atoms with E-state index < -0.39 is 41.5 Å². The minimum Gasteiger partial charge on any atom is -0.475 e. The number of nitriles is 1. The van der Waals surface area contributed by atoms with Crippen LogP contribution in [0.3, 0.4) is 0 Å². The molecule has 43 heavy (non-hydrogen) atoms. The summed E-state index contributed by atoms with van der Waals surface area (Å²) in [4.78, 5) is 33.6. The second-order valence-electron chi connectivity index (χ2n) is 12.5. The SMILES string of the molecule is CC1(C)CC=C(c2nc(C3CC4(C)OC(C)(C3)C(O)C4O)ccc2NC(=O)c2ncc(C#N)[nH]2)CC1.O=C(O)C(F)(F)F.